The van der Waals surface area contributed by atoms with Crippen LogP contribution in [-0.4, -0.2) is 31.4 Å². The molecule has 5 nitrogen and oxygen atoms in total. The van der Waals surface area contributed by atoms with Crippen molar-refractivity contribution in [3.8, 4) is 5.75 Å². The van der Waals surface area contributed by atoms with E-state index in [1.165, 1.54) is 25.3 Å². The molecule has 16 heavy (non-hydrogen) atoms. The van der Waals surface area contributed by atoms with Gasteiger partial charge in [-0.1, -0.05) is 0 Å². The summed E-state index contributed by atoms with van der Waals surface area (Å²) in [6.45, 7) is -0.0157. The van der Waals surface area contributed by atoms with E-state index in [0.717, 1.165) is 0 Å². The largest absolute Gasteiger partial charge is 0.497 e. The maximum Gasteiger partial charge on any atom is 0.319 e. The maximum absolute atomic E-state index is 13.0. The molecule has 6 heteroatoms. The Balaban J connectivity index is 2.65. The molecule has 0 aromatic heterocycles. The van der Waals surface area contributed by atoms with Crippen LogP contribution in [0.25, 0.3) is 0 Å². The number of ether oxygens (including phenoxy) is 1. The molecule has 1 rings (SSSR count). The monoisotopic (exact) mass is 228 g/mol. The molecule has 0 atom stereocenters. The van der Waals surface area contributed by atoms with Crippen molar-refractivity contribution in [1.82, 2.24) is 5.32 Å². The minimum Gasteiger partial charge on any atom is -0.497 e. The van der Waals surface area contributed by atoms with Crippen LogP contribution in [0.5, 0.6) is 5.75 Å². The van der Waals surface area contributed by atoms with Gasteiger partial charge < -0.3 is 20.5 Å². The van der Waals surface area contributed by atoms with E-state index in [0.29, 0.717) is 5.75 Å². The van der Waals surface area contributed by atoms with Crippen molar-refractivity contribution in [2.75, 3.05) is 25.6 Å². The number of anilines is 1. The summed E-state index contributed by atoms with van der Waals surface area (Å²) in [6.07, 6.45) is 0. The summed E-state index contributed by atoms with van der Waals surface area (Å²) in [5.41, 5.74) is 0.285. The van der Waals surface area contributed by atoms with Gasteiger partial charge in [0.1, 0.15) is 11.6 Å². The number of benzene rings is 1. The molecule has 0 saturated carbocycles. The number of aliphatic hydroxyl groups excluding tert-OH is 1. The van der Waals surface area contributed by atoms with Crippen LogP contribution in [0.2, 0.25) is 0 Å². The molecular formula is C10H13FN2O3. The Morgan fingerprint density at radius 2 is 2.25 bits per heavy atom. The minimum absolute atomic E-state index is 0.137. The number of halogens is 1. The first-order valence-electron chi connectivity index (χ1n) is 4.66. The van der Waals surface area contributed by atoms with Crippen LogP contribution in [0.15, 0.2) is 18.2 Å². The van der Waals surface area contributed by atoms with Crippen molar-refractivity contribution in [2.24, 2.45) is 0 Å². The molecule has 1 aromatic carbocycles. The van der Waals surface area contributed by atoms with Gasteiger partial charge in [0.05, 0.1) is 13.7 Å². The molecule has 0 aliphatic rings. The lowest BCUT2D eigenvalue weighted by molar-refractivity contribution is 0.245. The SMILES string of the molecule is COc1cc(F)cc(NC(=O)NCCO)c1. The third-order valence-electron chi connectivity index (χ3n) is 1.76. The first-order chi connectivity index (χ1) is 7.65. The van der Waals surface area contributed by atoms with Crippen LogP contribution in [0.4, 0.5) is 14.9 Å². The number of aliphatic hydroxyl groups is 1. The highest BCUT2D eigenvalue weighted by Gasteiger charge is 2.04. The van der Waals surface area contributed by atoms with Gasteiger partial charge in [-0.3, -0.25) is 0 Å². The molecule has 0 bridgehead atoms. The van der Waals surface area contributed by atoms with E-state index < -0.39 is 11.8 Å². The summed E-state index contributed by atoms with van der Waals surface area (Å²) in [5.74, 6) is -0.186. The van der Waals surface area contributed by atoms with Crippen LogP contribution in [-0.2, 0) is 0 Å². The van der Waals surface area contributed by atoms with Gasteiger partial charge in [0.25, 0.3) is 0 Å². The number of carbonyl (C=O) groups is 1. The van der Waals surface area contributed by atoms with Crippen molar-refractivity contribution in [3.05, 3.63) is 24.0 Å². The predicted molar refractivity (Wildman–Crippen MR) is 57.1 cm³/mol. The fourth-order valence-corrected chi connectivity index (χ4v) is 1.10. The van der Waals surface area contributed by atoms with E-state index in [-0.39, 0.29) is 18.8 Å². The van der Waals surface area contributed by atoms with Gasteiger partial charge in [0.2, 0.25) is 0 Å². The Bertz CT molecular complexity index is 371. The van der Waals surface area contributed by atoms with Crippen molar-refractivity contribution in [2.45, 2.75) is 0 Å². The van der Waals surface area contributed by atoms with Crippen molar-refractivity contribution in [3.63, 3.8) is 0 Å². The van der Waals surface area contributed by atoms with E-state index in [1.54, 1.807) is 0 Å². The second-order valence-corrected chi connectivity index (χ2v) is 2.98. The summed E-state index contributed by atoms with van der Waals surface area (Å²) in [5, 5.41) is 13.3. The average Bonchev–Trinajstić information content (AvgIpc) is 2.25. The van der Waals surface area contributed by atoms with Crippen LogP contribution < -0.4 is 15.4 Å². The fraction of sp³-hybridized carbons (Fsp3) is 0.300. The summed E-state index contributed by atoms with van der Waals surface area (Å²) < 4.78 is 17.9. The number of rotatable bonds is 4. The fourth-order valence-electron chi connectivity index (χ4n) is 1.10. The van der Waals surface area contributed by atoms with E-state index in [4.69, 9.17) is 9.84 Å². The van der Waals surface area contributed by atoms with Gasteiger partial charge >= 0.3 is 6.03 Å². The summed E-state index contributed by atoms with van der Waals surface area (Å²) in [6, 6.07) is 3.35. The van der Waals surface area contributed by atoms with Crippen LogP contribution >= 0.6 is 0 Å². The summed E-state index contributed by atoms with van der Waals surface area (Å²) in [4.78, 5) is 11.2. The van der Waals surface area contributed by atoms with Crippen LogP contribution in [0, 0.1) is 5.82 Å². The highest BCUT2D eigenvalue weighted by atomic mass is 19.1. The molecule has 3 N–H and O–H groups in total. The van der Waals surface area contributed by atoms with Gasteiger partial charge in [0.15, 0.2) is 0 Å². The Morgan fingerprint density at radius 3 is 2.88 bits per heavy atom. The second-order valence-electron chi connectivity index (χ2n) is 2.98. The zero-order valence-corrected chi connectivity index (χ0v) is 8.79. The zero-order chi connectivity index (χ0) is 12.0. The molecule has 2 amide bonds. The van der Waals surface area contributed by atoms with Gasteiger partial charge in [-0.25, -0.2) is 9.18 Å². The Labute approximate surface area is 92.2 Å². The highest BCUT2D eigenvalue weighted by Crippen LogP contribution is 2.19. The zero-order valence-electron chi connectivity index (χ0n) is 8.79. The smallest absolute Gasteiger partial charge is 0.319 e. The number of hydrogen-bond acceptors (Lipinski definition) is 3. The van der Waals surface area contributed by atoms with Gasteiger partial charge in [-0.2, -0.15) is 0 Å². The van der Waals surface area contributed by atoms with Gasteiger partial charge in [-0.05, 0) is 6.07 Å². The summed E-state index contributed by atoms with van der Waals surface area (Å²) >= 11 is 0. The third kappa shape index (κ3) is 3.74. The normalized spacial score (nSPS) is 9.69. The van der Waals surface area contributed by atoms with E-state index in [1.807, 2.05) is 0 Å². The lowest BCUT2D eigenvalue weighted by Crippen LogP contribution is -2.30. The molecule has 0 heterocycles. The van der Waals surface area contributed by atoms with Gasteiger partial charge in [-0.15, -0.1) is 0 Å². The number of amides is 2. The van der Waals surface area contributed by atoms with E-state index in [9.17, 15) is 9.18 Å². The topological polar surface area (TPSA) is 70.6 Å². The molecule has 0 aliphatic heterocycles. The van der Waals surface area contributed by atoms with Crippen molar-refractivity contribution in [1.29, 1.82) is 0 Å². The quantitative estimate of drug-likeness (QED) is 0.718. The molecule has 0 radical (unpaired) electrons. The molecule has 1 aromatic rings. The molecule has 0 spiro atoms. The number of urea groups is 1. The van der Waals surface area contributed by atoms with Crippen molar-refractivity contribution < 1.29 is 19.0 Å². The maximum atomic E-state index is 13.0. The molecular weight excluding hydrogens is 215 g/mol. The molecule has 0 unspecified atom stereocenters. The molecule has 0 fully saturated rings. The average molecular weight is 228 g/mol. The molecule has 0 saturated heterocycles. The number of methoxy groups -OCH3 is 1. The van der Waals surface area contributed by atoms with Crippen LogP contribution in [0.1, 0.15) is 0 Å². The number of carbonyl (C=O) groups excluding carboxylic acids is 1. The lowest BCUT2D eigenvalue weighted by atomic mass is 10.3. The second kappa shape index (κ2) is 5.92. The highest BCUT2D eigenvalue weighted by molar-refractivity contribution is 5.89. The molecule has 88 valence electrons. The Morgan fingerprint density at radius 1 is 1.50 bits per heavy atom. The standard InChI is InChI=1S/C10H13FN2O3/c1-16-9-5-7(11)4-8(6-9)13-10(15)12-2-3-14/h4-6,14H,2-3H2,1H3,(H2,12,13,15). The van der Waals surface area contributed by atoms with E-state index >= 15 is 0 Å². The first-order valence-corrected chi connectivity index (χ1v) is 4.66. The summed E-state index contributed by atoms with van der Waals surface area (Å²) in [7, 11) is 1.41. The van der Waals surface area contributed by atoms with Crippen LogP contribution in [0.3, 0.4) is 0 Å². The first kappa shape index (κ1) is 12.3. The molecule has 0 aliphatic carbocycles. The Hall–Kier alpha value is -1.82. The Kier molecular flexibility index (Phi) is 4.53. The van der Waals surface area contributed by atoms with Gasteiger partial charge in [0, 0.05) is 24.4 Å². The van der Waals surface area contributed by atoms with E-state index in [2.05, 4.69) is 10.6 Å². The third-order valence-corrected chi connectivity index (χ3v) is 1.76. The minimum atomic E-state index is -0.512. The number of nitrogens with one attached hydrogen (secondary N) is 2. The predicted octanol–water partition coefficient (Wildman–Crippen LogP) is 0.948. The lowest BCUT2D eigenvalue weighted by Gasteiger charge is -2.08. The van der Waals surface area contributed by atoms with Crippen molar-refractivity contribution >= 4 is 11.7 Å². The number of hydrogen-bond donors (Lipinski definition) is 3.